The molecule has 2 nitrogen and oxygen atoms in total. The molecule has 0 radical (unpaired) electrons. The van der Waals surface area contributed by atoms with E-state index in [0.717, 1.165) is 6.42 Å². The van der Waals surface area contributed by atoms with Gasteiger partial charge in [-0.15, -0.1) is 0 Å². The van der Waals surface area contributed by atoms with Gasteiger partial charge in [0.05, 0.1) is 12.7 Å². The summed E-state index contributed by atoms with van der Waals surface area (Å²) in [6, 6.07) is 10.3. The quantitative estimate of drug-likeness (QED) is 0.781. The maximum absolute atomic E-state index is 9.28. The number of hydrogen-bond acceptors (Lipinski definition) is 3. The predicted octanol–water partition coefficient (Wildman–Crippen LogP) is 2.22. The molecular formula is C12H18O2S. The summed E-state index contributed by atoms with van der Waals surface area (Å²) in [7, 11) is 0. The summed E-state index contributed by atoms with van der Waals surface area (Å²) >= 11 is 1.70. The first-order chi connectivity index (χ1) is 7.27. The molecular weight excluding hydrogens is 208 g/mol. The second-order valence-corrected chi connectivity index (χ2v) is 4.71. The van der Waals surface area contributed by atoms with E-state index in [9.17, 15) is 5.11 Å². The zero-order valence-electron chi connectivity index (χ0n) is 8.97. The third kappa shape index (κ3) is 4.24. The van der Waals surface area contributed by atoms with E-state index in [1.165, 1.54) is 5.56 Å². The minimum Gasteiger partial charge on any atom is -0.394 e. The van der Waals surface area contributed by atoms with Crippen LogP contribution in [0.2, 0.25) is 0 Å². The lowest BCUT2D eigenvalue weighted by Crippen LogP contribution is -2.15. The van der Waals surface area contributed by atoms with Gasteiger partial charge in [-0.3, -0.25) is 0 Å². The van der Waals surface area contributed by atoms with Crippen molar-refractivity contribution in [3.05, 3.63) is 35.9 Å². The smallest absolute Gasteiger partial charge is 0.0861 e. The van der Waals surface area contributed by atoms with Gasteiger partial charge in [0.15, 0.2) is 0 Å². The van der Waals surface area contributed by atoms with E-state index in [4.69, 9.17) is 5.11 Å². The number of thioether (sulfide) groups is 1. The monoisotopic (exact) mass is 226 g/mol. The van der Waals surface area contributed by atoms with Crippen molar-refractivity contribution in [2.45, 2.75) is 24.7 Å². The van der Waals surface area contributed by atoms with Crippen molar-refractivity contribution >= 4 is 11.8 Å². The fourth-order valence-corrected chi connectivity index (χ4v) is 2.54. The van der Waals surface area contributed by atoms with Gasteiger partial charge in [-0.25, -0.2) is 0 Å². The van der Waals surface area contributed by atoms with E-state index >= 15 is 0 Å². The SMILES string of the molecule is CC[C@H](SC[C@H](O)CO)c1ccccc1. The summed E-state index contributed by atoms with van der Waals surface area (Å²) < 4.78 is 0. The van der Waals surface area contributed by atoms with Gasteiger partial charge in [-0.1, -0.05) is 37.3 Å². The Morgan fingerprint density at radius 3 is 2.47 bits per heavy atom. The highest BCUT2D eigenvalue weighted by Crippen LogP contribution is 2.31. The van der Waals surface area contributed by atoms with E-state index in [1.807, 2.05) is 18.2 Å². The Balaban J connectivity index is 2.50. The average Bonchev–Trinajstić information content (AvgIpc) is 2.31. The molecule has 15 heavy (non-hydrogen) atoms. The molecule has 0 unspecified atom stereocenters. The van der Waals surface area contributed by atoms with E-state index in [-0.39, 0.29) is 6.61 Å². The molecule has 2 N–H and O–H groups in total. The molecule has 0 heterocycles. The molecule has 3 heteroatoms. The van der Waals surface area contributed by atoms with Gasteiger partial charge < -0.3 is 10.2 Å². The van der Waals surface area contributed by atoms with Crippen molar-refractivity contribution in [2.75, 3.05) is 12.4 Å². The van der Waals surface area contributed by atoms with Crippen molar-refractivity contribution in [3.63, 3.8) is 0 Å². The summed E-state index contributed by atoms with van der Waals surface area (Å²) in [5.74, 6) is 0.587. The molecule has 0 saturated heterocycles. The lowest BCUT2D eigenvalue weighted by Gasteiger charge is -2.16. The first-order valence-electron chi connectivity index (χ1n) is 5.23. The molecule has 0 aliphatic rings. The molecule has 1 rings (SSSR count). The predicted molar refractivity (Wildman–Crippen MR) is 65.0 cm³/mol. The maximum Gasteiger partial charge on any atom is 0.0861 e. The van der Waals surface area contributed by atoms with Crippen molar-refractivity contribution in [1.82, 2.24) is 0 Å². The third-order valence-electron chi connectivity index (χ3n) is 2.24. The molecule has 2 atom stereocenters. The normalized spacial score (nSPS) is 14.9. The summed E-state index contributed by atoms with van der Waals surface area (Å²) in [4.78, 5) is 0. The number of rotatable bonds is 6. The van der Waals surface area contributed by atoms with Crippen LogP contribution in [0.1, 0.15) is 24.2 Å². The van der Waals surface area contributed by atoms with E-state index in [1.54, 1.807) is 11.8 Å². The molecule has 1 aromatic carbocycles. The van der Waals surface area contributed by atoms with Crippen LogP contribution in [-0.2, 0) is 0 Å². The highest BCUT2D eigenvalue weighted by Gasteiger charge is 2.11. The van der Waals surface area contributed by atoms with E-state index in [2.05, 4.69) is 19.1 Å². The van der Waals surface area contributed by atoms with Crippen LogP contribution in [0.3, 0.4) is 0 Å². The molecule has 0 amide bonds. The maximum atomic E-state index is 9.28. The molecule has 1 aromatic rings. The molecule has 0 aliphatic heterocycles. The Kier molecular flexibility index (Phi) is 5.76. The lowest BCUT2D eigenvalue weighted by atomic mass is 10.1. The van der Waals surface area contributed by atoms with Crippen LogP contribution < -0.4 is 0 Å². The van der Waals surface area contributed by atoms with Crippen LogP contribution in [0.15, 0.2) is 30.3 Å². The fraction of sp³-hybridized carbons (Fsp3) is 0.500. The molecule has 84 valence electrons. The second-order valence-electron chi connectivity index (χ2n) is 3.48. The van der Waals surface area contributed by atoms with Crippen molar-refractivity contribution in [3.8, 4) is 0 Å². The minimum atomic E-state index is -0.604. The number of aliphatic hydroxyl groups is 2. The Morgan fingerprint density at radius 1 is 1.27 bits per heavy atom. The summed E-state index contributed by atoms with van der Waals surface area (Å²) in [5.41, 5.74) is 1.29. The number of hydrogen-bond donors (Lipinski definition) is 2. The van der Waals surface area contributed by atoms with Gasteiger partial charge in [0.1, 0.15) is 0 Å². The second kappa shape index (κ2) is 6.88. The average molecular weight is 226 g/mol. The zero-order chi connectivity index (χ0) is 11.1. The van der Waals surface area contributed by atoms with Crippen LogP contribution in [0, 0.1) is 0 Å². The topological polar surface area (TPSA) is 40.5 Å². The highest BCUT2D eigenvalue weighted by atomic mass is 32.2. The van der Waals surface area contributed by atoms with Gasteiger partial charge in [0.25, 0.3) is 0 Å². The summed E-state index contributed by atoms with van der Waals surface area (Å²) in [6.07, 6.45) is 0.431. The lowest BCUT2D eigenvalue weighted by molar-refractivity contribution is 0.113. The number of benzene rings is 1. The Morgan fingerprint density at radius 2 is 1.93 bits per heavy atom. The van der Waals surface area contributed by atoms with Gasteiger partial charge in [-0.05, 0) is 12.0 Å². The van der Waals surface area contributed by atoms with Gasteiger partial charge in [0.2, 0.25) is 0 Å². The summed E-state index contributed by atoms with van der Waals surface area (Å²) in [5, 5.41) is 18.4. The van der Waals surface area contributed by atoms with Crippen LogP contribution >= 0.6 is 11.8 Å². The Hall–Kier alpha value is -0.510. The van der Waals surface area contributed by atoms with Gasteiger partial charge in [0, 0.05) is 11.0 Å². The van der Waals surface area contributed by atoms with Crippen LogP contribution in [0.5, 0.6) is 0 Å². The standard InChI is InChI=1S/C12H18O2S/c1-2-12(15-9-11(14)8-13)10-6-4-3-5-7-10/h3-7,11-14H,2,8-9H2,1H3/t11-,12+/m1/s1. The molecule has 0 fully saturated rings. The fourth-order valence-electron chi connectivity index (χ4n) is 1.40. The molecule has 0 bridgehead atoms. The van der Waals surface area contributed by atoms with E-state index in [0.29, 0.717) is 11.0 Å². The van der Waals surface area contributed by atoms with Crippen molar-refractivity contribution in [1.29, 1.82) is 0 Å². The van der Waals surface area contributed by atoms with Gasteiger partial charge in [-0.2, -0.15) is 11.8 Å². The van der Waals surface area contributed by atoms with E-state index < -0.39 is 6.10 Å². The summed E-state index contributed by atoms with van der Waals surface area (Å²) in [6.45, 7) is 1.98. The largest absolute Gasteiger partial charge is 0.394 e. The van der Waals surface area contributed by atoms with Gasteiger partial charge >= 0.3 is 0 Å². The molecule has 0 spiro atoms. The van der Waals surface area contributed by atoms with Crippen molar-refractivity contribution in [2.24, 2.45) is 0 Å². The van der Waals surface area contributed by atoms with Crippen molar-refractivity contribution < 1.29 is 10.2 Å². The zero-order valence-corrected chi connectivity index (χ0v) is 9.78. The Labute approximate surface area is 95.3 Å². The first kappa shape index (κ1) is 12.6. The van der Waals surface area contributed by atoms with Crippen LogP contribution in [-0.4, -0.2) is 28.7 Å². The molecule has 0 aliphatic carbocycles. The third-order valence-corrected chi connectivity index (χ3v) is 3.83. The van der Waals surface area contributed by atoms with Crippen LogP contribution in [0.25, 0.3) is 0 Å². The Bertz CT molecular complexity index is 264. The highest BCUT2D eigenvalue weighted by molar-refractivity contribution is 7.99. The number of aliphatic hydroxyl groups excluding tert-OH is 2. The first-order valence-corrected chi connectivity index (χ1v) is 6.28. The molecule has 0 aromatic heterocycles. The molecule has 0 saturated carbocycles. The van der Waals surface area contributed by atoms with Crippen LogP contribution in [0.4, 0.5) is 0 Å². The minimum absolute atomic E-state index is 0.155.